The van der Waals surface area contributed by atoms with E-state index >= 15 is 0 Å². The van der Waals surface area contributed by atoms with Crippen LogP contribution in [0, 0.1) is 6.92 Å². The molecule has 1 aromatic carbocycles. The summed E-state index contributed by atoms with van der Waals surface area (Å²) in [5.41, 5.74) is 0.788. The summed E-state index contributed by atoms with van der Waals surface area (Å²) in [6.07, 6.45) is 1.59. The van der Waals surface area contributed by atoms with Crippen LogP contribution in [0.4, 0.5) is 0 Å². The van der Waals surface area contributed by atoms with E-state index < -0.39 is 10.0 Å². The highest BCUT2D eigenvalue weighted by molar-refractivity contribution is 7.89. The molecule has 0 saturated carbocycles. The zero-order valence-corrected chi connectivity index (χ0v) is 15.4. The van der Waals surface area contributed by atoms with Crippen LogP contribution in [0.5, 0.6) is 0 Å². The normalized spacial score (nSPS) is 16.7. The van der Waals surface area contributed by atoms with Gasteiger partial charge >= 0.3 is 0 Å². The van der Waals surface area contributed by atoms with E-state index in [0.717, 1.165) is 18.4 Å². The van der Waals surface area contributed by atoms with Crippen molar-refractivity contribution in [3.05, 3.63) is 29.8 Å². The van der Waals surface area contributed by atoms with Crippen molar-refractivity contribution in [3.63, 3.8) is 0 Å². The lowest BCUT2D eigenvalue weighted by Crippen LogP contribution is -2.41. The molecule has 1 aliphatic rings. The van der Waals surface area contributed by atoms with Gasteiger partial charge in [-0.05, 0) is 31.4 Å². The van der Waals surface area contributed by atoms with E-state index in [-0.39, 0.29) is 6.10 Å². The van der Waals surface area contributed by atoms with Gasteiger partial charge in [-0.25, -0.2) is 8.42 Å². The standard InChI is InChI=1S/C15H23NO4S.C2H6/c1-13-5-3-4-6-15(13)21(17,18)16-9-7-14(8-10-16)20-12-11-19-2;1-2/h3-6,14H,7-12H2,1-2H3;1-2H3. The van der Waals surface area contributed by atoms with E-state index in [0.29, 0.717) is 31.2 Å². The minimum Gasteiger partial charge on any atom is -0.382 e. The molecule has 0 amide bonds. The van der Waals surface area contributed by atoms with Gasteiger partial charge in [0.25, 0.3) is 0 Å². The largest absolute Gasteiger partial charge is 0.382 e. The number of piperidine rings is 1. The van der Waals surface area contributed by atoms with Crippen LogP contribution in [-0.4, -0.2) is 52.2 Å². The molecule has 1 aliphatic heterocycles. The molecule has 0 N–H and O–H groups in total. The van der Waals surface area contributed by atoms with Crippen LogP contribution in [0.3, 0.4) is 0 Å². The second-order valence-corrected chi connectivity index (χ2v) is 7.14. The first-order valence-electron chi connectivity index (χ1n) is 8.22. The predicted octanol–water partition coefficient (Wildman–Crippen LogP) is 2.84. The van der Waals surface area contributed by atoms with Gasteiger partial charge in [-0.2, -0.15) is 4.31 Å². The van der Waals surface area contributed by atoms with Crippen LogP contribution in [0.15, 0.2) is 29.2 Å². The average Bonchev–Trinajstić information content (AvgIpc) is 2.58. The molecule has 0 atom stereocenters. The van der Waals surface area contributed by atoms with Gasteiger partial charge in [0.15, 0.2) is 0 Å². The molecular weight excluding hydrogens is 314 g/mol. The Balaban J connectivity index is 0.00000127. The third-order valence-corrected chi connectivity index (χ3v) is 5.81. The summed E-state index contributed by atoms with van der Waals surface area (Å²) in [4.78, 5) is 0.406. The van der Waals surface area contributed by atoms with Gasteiger partial charge in [-0.1, -0.05) is 32.0 Å². The van der Waals surface area contributed by atoms with Crippen LogP contribution in [0.2, 0.25) is 0 Å². The quantitative estimate of drug-likeness (QED) is 0.745. The highest BCUT2D eigenvalue weighted by Gasteiger charge is 2.30. The molecule has 23 heavy (non-hydrogen) atoms. The van der Waals surface area contributed by atoms with Crippen LogP contribution in [-0.2, 0) is 19.5 Å². The summed E-state index contributed by atoms with van der Waals surface area (Å²) in [6.45, 7) is 7.98. The Bertz CT molecular complexity index is 551. The van der Waals surface area contributed by atoms with Gasteiger partial charge in [0.05, 0.1) is 24.2 Å². The lowest BCUT2D eigenvalue weighted by molar-refractivity contribution is -0.00502. The lowest BCUT2D eigenvalue weighted by atomic mass is 10.1. The molecule has 0 unspecified atom stereocenters. The van der Waals surface area contributed by atoms with Gasteiger partial charge < -0.3 is 9.47 Å². The van der Waals surface area contributed by atoms with Crippen molar-refractivity contribution < 1.29 is 17.9 Å². The molecule has 2 rings (SSSR count). The number of nitrogens with zero attached hydrogens (tertiary/aromatic N) is 1. The fourth-order valence-corrected chi connectivity index (χ4v) is 4.22. The zero-order valence-electron chi connectivity index (χ0n) is 14.6. The molecule has 1 aromatic rings. The number of hydrogen-bond acceptors (Lipinski definition) is 4. The maximum absolute atomic E-state index is 12.6. The van der Waals surface area contributed by atoms with Gasteiger partial charge in [0.1, 0.15) is 0 Å². The van der Waals surface area contributed by atoms with E-state index in [4.69, 9.17) is 9.47 Å². The third-order valence-electron chi connectivity index (χ3n) is 3.75. The number of hydrogen-bond donors (Lipinski definition) is 0. The number of ether oxygens (including phenoxy) is 2. The second-order valence-electron chi connectivity index (χ2n) is 5.23. The SMILES string of the molecule is CC.COCCOC1CCN(S(=O)(=O)c2ccccc2C)CC1. The molecule has 1 saturated heterocycles. The van der Waals surface area contributed by atoms with E-state index in [9.17, 15) is 8.42 Å². The lowest BCUT2D eigenvalue weighted by Gasteiger charge is -2.31. The monoisotopic (exact) mass is 343 g/mol. The third kappa shape index (κ3) is 5.57. The van der Waals surface area contributed by atoms with Crippen LogP contribution < -0.4 is 0 Å². The van der Waals surface area contributed by atoms with Crippen molar-refractivity contribution in [1.29, 1.82) is 0 Å². The summed E-state index contributed by atoms with van der Waals surface area (Å²) in [7, 11) is -1.75. The van der Waals surface area contributed by atoms with E-state index in [1.165, 1.54) is 0 Å². The maximum atomic E-state index is 12.6. The van der Waals surface area contributed by atoms with E-state index in [1.807, 2.05) is 32.9 Å². The Hall–Kier alpha value is -0.950. The van der Waals surface area contributed by atoms with Gasteiger partial charge in [-0.15, -0.1) is 0 Å². The molecule has 1 heterocycles. The number of methoxy groups -OCH3 is 1. The number of rotatable bonds is 6. The topological polar surface area (TPSA) is 55.8 Å². The van der Waals surface area contributed by atoms with Crippen LogP contribution in [0.1, 0.15) is 32.3 Å². The first-order valence-corrected chi connectivity index (χ1v) is 9.66. The van der Waals surface area contributed by atoms with Gasteiger partial charge in [0.2, 0.25) is 10.0 Å². The number of aryl methyl sites for hydroxylation is 1. The van der Waals surface area contributed by atoms with Crippen molar-refractivity contribution in [2.75, 3.05) is 33.4 Å². The number of sulfonamides is 1. The van der Waals surface area contributed by atoms with Crippen molar-refractivity contribution in [2.24, 2.45) is 0 Å². The summed E-state index contributed by atoms with van der Waals surface area (Å²) in [5.74, 6) is 0. The van der Waals surface area contributed by atoms with Crippen molar-refractivity contribution in [3.8, 4) is 0 Å². The Kier molecular flexibility index (Phi) is 8.76. The molecule has 0 aliphatic carbocycles. The second kappa shape index (κ2) is 10.0. The minimum absolute atomic E-state index is 0.128. The van der Waals surface area contributed by atoms with Crippen LogP contribution >= 0.6 is 0 Å². The molecule has 0 radical (unpaired) electrons. The minimum atomic E-state index is -3.39. The first kappa shape index (κ1) is 20.1. The smallest absolute Gasteiger partial charge is 0.243 e. The van der Waals surface area contributed by atoms with E-state index in [2.05, 4.69) is 0 Å². The molecule has 0 aromatic heterocycles. The molecule has 0 spiro atoms. The number of benzene rings is 1. The Morgan fingerprint density at radius 1 is 1.13 bits per heavy atom. The summed E-state index contributed by atoms with van der Waals surface area (Å²) < 4.78 is 37.5. The molecule has 0 bridgehead atoms. The predicted molar refractivity (Wildman–Crippen MR) is 92.1 cm³/mol. The highest BCUT2D eigenvalue weighted by atomic mass is 32.2. The summed E-state index contributed by atoms with van der Waals surface area (Å²) in [5, 5.41) is 0. The maximum Gasteiger partial charge on any atom is 0.243 e. The van der Waals surface area contributed by atoms with Crippen LogP contribution in [0.25, 0.3) is 0 Å². The molecule has 1 fully saturated rings. The zero-order chi connectivity index (χ0) is 17.3. The average molecular weight is 343 g/mol. The van der Waals surface area contributed by atoms with Gasteiger partial charge in [-0.3, -0.25) is 0 Å². The molecule has 132 valence electrons. The van der Waals surface area contributed by atoms with Crippen molar-refractivity contribution in [2.45, 2.75) is 44.6 Å². The van der Waals surface area contributed by atoms with Crippen molar-refractivity contribution in [1.82, 2.24) is 4.31 Å². The van der Waals surface area contributed by atoms with Crippen molar-refractivity contribution >= 4 is 10.0 Å². The Labute approximate surface area is 140 Å². The summed E-state index contributed by atoms with van der Waals surface area (Å²) in [6, 6.07) is 7.12. The first-order chi connectivity index (χ1) is 11.1. The Morgan fingerprint density at radius 3 is 2.30 bits per heavy atom. The molecule has 5 nitrogen and oxygen atoms in total. The molecular formula is C17H29NO4S. The van der Waals surface area contributed by atoms with E-state index in [1.54, 1.807) is 23.5 Å². The molecule has 6 heteroatoms. The highest BCUT2D eigenvalue weighted by Crippen LogP contribution is 2.24. The summed E-state index contributed by atoms with van der Waals surface area (Å²) >= 11 is 0. The fraction of sp³-hybridized carbons (Fsp3) is 0.647. The van der Waals surface area contributed by atoms with Gasteiger partial charge in [0, 0.05) is 20.2 Å². The Morgan fingerprint density at radius 2 is 1.74 bits per heavy atom. The fourth-order valence-electron chi connectivity index (χ4n) is 2.52.